The molecule has 0 aromatic rings. The van der Waals surface area contributed by atoms with Gasteiger partial charge in [-0.3, -0.25) is 9.59 Å². The van der Waals surface area contributed by atoms with Gasteiger partial charge in [0, 0.05) is 6.42 Å². The van der Waals surface area contributed by atoms with Gasteiger partial charge in [-0.15, -0.1) is 0 Å². The number of amides is 2. The van der Waals surface area contributed by atoms with E-state index in [1.807, 2.05) is 0 Å². The Bertz CT molecular complexity index is 292. The molecule has 0 aliphatic carbocycles. The topological polar surface area (TPSA) is 109 Å². The van der Waals surface area contributed by atoms with E-state index < -0.39 is 17.9 Å². The molecule has 0 radical (unpaired) electrons. The zero-order valence-electron chi connectivity index (χ0n) is 10.8. The van der Waals surface area contributed by atoms with Gasteiger partial charge in [0.25, 0.3) is 0 Å². The number of unbranched alkanes of at least 4 members (excludes halogenated alkanes) is 4. The smallest absolute Gasteiger partial charge is 0.326 e. The Kier molecular flexibility index (Phi) is 8.61. The zero-order valence-corrected chi connectivity index (χ0v) is 10.8. The van der Waals surface area contributed by atoms with Gasteiger partial charge in [0.2, 0.25) is 11.8 Å². The molecule has 0 aromatic carbocycles. The summed E-state index contributed by atoms with van der Waals surface area (Å²) in [5, 5.41) is 11.1. The number of rotatable bonds is 10. The molecule has 104 valence electrons. The van der Waals surface area contributed by atoms with Gasteiger partial charge in [-0.1, -0.05) is 32.6 Å². The van der Waals surface area contributed by atoms with Crippen LogP contribution in [-0.2, 0) is 14.4 Å². The van der Waals surface area contributed by atoms with Crippen LogP contribution in [0.15, 0.2) is 0 Å². The van der Waals surface area contributed by atoms with Crippen LogP contribution in [0, 0.1) is 0 Å². The summed E-state index contributed by atoms with van der Waals surface area (Å²) in [4.78, 5) is 32.8. The van der Waals surface area contributed by atoms with Crippen LogP contribution in [0.5, 0.6) is 0 Å². The van der Waals surface area contributed by atoms with Gasteiger partial charge in [-0.25, -0.2) is 4.79 Å². The first-order chi connectivity index (χ1) is 8.47. The second-order valence-corrected chi connectivity index (χ2v) is 4.29. The van der Waals surface area contributed by atoms with Gasteiger partial charge in [0.15, 0.2) is 0 Å². The van der Waals surface area contributed by atoms with Crippen molar-refractivity contribution in [2.45, 2.75) is 57.9 Å². The lowest BCUT2D eigenvalue weighted by atomic mass is 10.1. The van der Waals surface area contributed by atoms with Crippen molar-refractivity contribution in [2.24, 2.45) is 5.73 Å². The van der Waals surface area contributed by atoms with Crippen LogP contribution < -0.4 is 11.1 Å². The molecule has 0 spiro atoms. The van der Waals surface area contributed by atoms with Crippen molar-refractivity contribution in [1.82, 2.24) is 5.32 Å². The third-order valence-electron chi connectivity index (χ3n) is 2.55. The summed E-state index contributed by atoms with van der Waals surface area (Å²) in [6.45, 7) is 2.11. The summed E-state index contributed by atoms with van der Waals surface area (Å²) in [5.74, 6) is -2.33. The molecule has 6 heteroatoms. The van der Waals surface area contributed by atoms with Gasteiger partial charge < -0.3 is 16.2 Å². The Morgan fingerprint density at radius 1 is 1.17 bits per heavy atom. The number of hydrogen-bond donors (Lipinski definition) is 3. The molecule has 0 aromatic heterocycles. The third kappa shape index (κ3) is 8.55. The number of carbonyl (C=O) groups is 3. The standard InChI is InChI=1S/C12H22N2O4/c1-2-3-4-5-6-7-11(16)14-9(12(17)18)8-10(13)15/h9H,2-8H2,1H3,(H2,13,15)(H,14,16)(H,17,18). The molecular formula is C12H22N2O4. The van der Waals surface area contributed by atoms with E-state index in [1.54, 1.807) is 0 Å². The second-order valence-electron chi connectivity index (χ2n) is 4.29. The first-order valence-electron chi connectivity index (χ1n) is 6.27. The van der Waals surface area contributed by atoms with E-state index in [0.717, 1.165) is 32.1 Å². The summed E-state index contributed by atoms with van der Waals surface area (Å²) >= 11 is 0. The summed E-state index contributed by atoms with van der Waals surface area (Å²) < 4.78 is 0. The number of carboxylic acid groups (broad SMARTS) is 1. The first kappa shape index (κ1) is 16.4. The average Bonchev–Trinajstić information content (AvgIpc) is 2.27. The maximum atomic E-state index is 11.4. The molecule has 18 heavy (non-hydrogen) atoms. The first-order valence-corrected chi connectivity index (χ1v) is 6.27. The monoisotopic (exact) mass is 258 g/mol. The average molecular weight is 258 g/mol. The Morgan fingerprint density at radius 3 is 2.28 bits per heavy atom. The lowest BCUT2D eigenvalue weighted by molar-refractivity contribution is -0.143. The predicted molar refractivity (Wildman–Crippen MR) is 66.8 cm³/mol. The summed E-state index contributed by atoms with van der Waals surface area (Å²) in [7, 11) is 0. The third-order valence-corrected chi connectivity index (χ3v) is 2.55. The summed E-state index contributed by atoms with van der Waals surface area (Å²) in [6, 6.07) is -1.22. The van der Waals surface area contributed by atoms with Crippen molar-refractivity contribution in [2.75, 3.05) is 0 Å². The Labute approximate surface area is 107 Å². The Hall–Kier alpha value is -1.59. The highest BCUT2D eigenvalue weighted by molar-refractivity contribution is 5.88. The largest absolute Gasteiger partial charge is 0.480 e. The van der Waals surface area contributed by atoms with Gasteiger partial charge in [0.05, 0.1) is 6.42 Å². The number of carbonyl (C=O) groups excluding carboxylic acids is 2. The van der Waals surface area contributed by atoms with Crippen LogP contribution in [0.3, 0.4) is 0 Å². The molecule has 0 saturated carbocycles. The van der Waals surface area contributed by atoms with E-state index in [4.69, 9.17) is 10.8 Å². The molecule has 0 aliphatic heterocycles. The van der Waals surface area contributed by atoms with E-state index in [9.17, 15) is 14.4 Å². The summed E-state index contributed by atoms with van der Waals surface area (Å²) in [5.41, 5.74) is 4.91. The molecule has 0 heterocycles. The highest BCUT2D eigenvalue weighted by Gasteiger charge is 2.21. The fraction of sp³-hybridized carbons (Fsp3) is 0.750. The molecule has 4 N–H and O–H groups in total. The van der Waals surface area contributed by atoms with Crippen LogP contribution >= 0.6 is 0 Å². The highest BCUT2D eigenvalue weighted by atomic mass is 16.4. The van der Waals surface area contributed by atoms with E-state index in [-0.39, 0.29) is 18.7 Å². The van der Waals surface area contributed by atoms with Crippen LogP contribution in [0.4, 0.5) is 0 Å². The maximum Gasteiger partial charge on any atom is 0.326 e. The van der Waals surface area contributed by atoms with E-state index >= 15 is 0 Å². The van der Waals surface area contributed by atoms with Crippen LogP contribution in [0.25, 0.3) is 0 Å². The van der Waals surface area contributed by atoms with Gasteiger partial charge >= 0.3 is 5.97 Å². The van der Waals surface area contributed by atoms with Crippen molar-refractivity contribution in [3.63, 3.8) is 0 Å². The number of nitrogens with two attached hydrogens (primary N) is 1. The minimum Gasteiger partial charge on any atom is -0.480 e. The molecule has 0 aliphatic rings. The SMILES string of the molecule is CCCCCCCC(=O)NC(CC(N)=O)C(=O)O. The summed E-state index contributed by atoms with van der Waals surface area (Å²) in [6.07, 6.45) is 4.94. The van der Waals surface area contributed by atoms with Crippen LogP contribution in [-0.4, -0.2) is 28.9 Å². The highest BCUT2D eigenvalue weighted by Crippen LogP contribution is 2.05. The van der Waals surface area contributed by atoms with Crippen molar-refractivity contribution in [1.29, 1.82) is 0 Å². The lowest BCUT2D eigenvalue weighted by Gasteiger charge is -2.12. The van der Waals surface area contributed by atoms with Crippen LogP contribution in [0.2, 0.25) is 0 Å². The van der Waals surface area contributed by atoms with Crippen LogP contribution in [0.1, 0.15) is 51.9 Å². The Morgan fingerprint density at radius 2 is 1.78 bits per heavy atom. The van der Waals surface area contributed by atoms with Gasteiger partial charge in [-0.05, 0) is 6.42 Å². The number of aliphatic carboxylic acids is 1. The molecule has 0 bridgehead atoms. The zero-order chi connectivity index (χ0) is 14.0. The van der Waals surface area contributed by atoms with E-state index in [2.05, 4.69) is 12.2 Å². The van der Waals surface area contributed by atoms with Crippen molar-refractivity contribution < 1.29 is 19.5 Å². The normalized spacial score (nSPS) is 11.8. The van der Waals surface area contributed by atoms with Gasteiger partial charge in [-0.2, -0.15) is 0 Å². The number of hydrogen-bond acceptors (Lipinski definition) is 3. The number of carboxylic acids is 1. The van der Waals surface area contributed by atoms with Crippen molar-refractivity contribution >= 4 is 17.8 Å². The molecule has 1 atom stereocenters. The quantitative estimate of drug-likeness (QED) is 0.503. The second kappa shape index (κ2) is 9.44. The molecular weight excluding hydrogens is 236 g/mol. The fourth-order valence-corrected chi connectivity index (χ4v) is 1.56. The minimum atomic E-state index is -1.24. The molecule has 0 saturated heterocycles. The lowest BCUT2D eigenvalue weighted by Crippen LogP contribution is -2.43. The van der Waals surface area contributed by atoms with Crippen molar-refractivity contribution in [3.05, 3.63) is 0 Å². The molecule has 2 amide bonds. The van der Waals surface area contributed by atoms with Crippen molar-refractivity contribution in [3.8, 4) is 0 Å². The molecule has 6 nitrogen and oxygen atoms in total. The molecule has 0 rings (SSSR count). The Balaban J connectivity index is 3.88. The number of primary amides is 1. The number of nitrogens with one attached hydrogen (secondary N) is 1. The van der Waals surface area contributed by atoms with E-state index in [0.29, 0.717) is 0 Å². The minimum absolute atomic E-state index is 0.284. The van der Waals surface area contributed by atoms with Gasteiger partial charge in [0.1, 0.15) is 6.04 Å². The maximum absolute atomic E-state index is 11.4. The predicted octanol–water partition coefficient (Wildman–Crippen LogP) is 0.792. The fourth-order valence-electron chi connectivity index (χ4n) is 1.56. The molecule has 1 unspecified atom stereocenters. The molecule has 0 fully saturated rings. The van der Waals surface area contributed by atoms with E-state index in [1.165, 1.54) is 0 Å².